The van der Waals surface area contributed by atoms with E-state index < -0.39 is 0 Å². The van der Waals surface area contributed by atoms with Gasteiger partial charge in [-0.05, 0) is 34.5 Å². The number of nitrogens with zero attached hydrogens (tertiary/aromatic N) is 4. The van der Waals surface area contributed by atoms with Crippen molar-refractivity contribution in [1.29, 1.82) is 0 Å². The number of ether oxygens (including phenoxy) is 1. The van der Waals surface area contributed by atoms with Crippen LogP contribution in [0.25, 0.3) is 0 Å². The summed E-state index contributed by atoms with van der Waals surface area (Å²) in [6, 6.07) is 9.50. The molecule has 4 rings (SSSR count). The van der Waals surface area contributed by atoms with Crippen LogP contribution in [0.3, 0.4) is 0 Å². The van der Waals surface area contributed by atoms with E-state index in [0.717, 1.165) is 11.3 Å². The molecule has 0 radical (unpaired) electrons. The van der Waals surface area contributed by atoms with Gasteiger partial charge in [-0.1, -0.05) is 6.07 Å². The van der Waals surface area contributed by atoms with Crippen molar-refractivity contribution in [2.75, 3.05) is 13.2 Å². The first kappa shape index (κ1) is 15.8. The quantitative estimate of drug-likeness (QED) is 0.706. The first-order valence-corrected chi connectivity index (χ1v) is 9.09. The van der Waals surface area contributed by atoms with Gasteiger partial charge in [0.1, 0.15) is 12.6 Å². The largest absolute Gasteiger partial charge is 0.475 e. The Kier molecular flexibility index (Phi) is 4.47. The fourth-order valence-corrected chi connectivity index (χ4v) is 3.66. The molecule has 1 amide bonds. The predicted molar refractivity (Wildman–Crippen MR) is 94.4 cm³/mol. The maximum atomic E-state index is 12.7. The minimum atomic E-state index is -0.0211. The molecule has 0 saturated carbocycles. The average molecular weight is 354 g/mol. The Balaban J connectivity index is 1.46. The number of carbonyl (C=O) groups excluding carboxylic acids is 1. The van der Waals surface area contributed by atoms with Gasteiger partial charge >= 0.3 is 0 Å². The number of fused-ring (bicyclic) bond motifs is 1. The second-order valence-corrected chi connectivity index (χ2v) is 6.76. The summed E-state index contributed by atoms with van der Waals surface area (Å²) in [6.07, 6.45) is 3.91. The Labute approximate surface area is 149 Å². The maximum absolute atomic E-state index is 12.7. The van der Waals surface area contributed by atoms with E-state index in [-0.39, 0.29) is 11.9 Å². The standard InChI is InChI=1S/C18H18N4O2S/c23-18(9-14-5-8-25-13-14)21-10-15-4-7-20-22(15)16(11-21)12-24-17-3-1-2-6-19-17/h1-8,13,16H,9-12H2. The number of carbonyl (C=O) groups is 1. The molecule has 128 valence electrons. The summed E-state index contributed by atoms with van der Waals surface area (Å²) in [5.74, 6) is 0.714. The van der Waals surface area contributed by atoms with Crippen molar-refractivity contribution < 1.29 is 9.53 Å². The third-order valence-electron chi connectivity index (χ3n) is 4.23. The van der Waals surface area contributed by atoms with Crippen molar-refractivity contribution in [3.05, 3.63) is 64.7 Å². The zero-order chi connectivity index (χ0) is 17.1. The molecule has 3 aromatic rings. The minimum absolute atomic E-state index is 0.0211. The molecule has 0 fully saturated rings. The van der Waals surface area contributed by atoms with Gasteiger partial charge in [-0.2, -0.15) is 16.4 Å². The molecule has 0 saturated heterocycles. The first-order chi connectivity index (χ1) is 12.3. The van der Waals surface area contributed by atoms with Crippen molar-refractivity contribution in [3.63, 3.8) is 0 Å². The minimum Gasteiger partial charge on any atom is -0.475 e. The van der Waals surface area contributed by atoms with Crippen molar-refractivity contribution in [2.45, 2.75) is 19.0 Å². The lowest BCUT2D eigenvalue weighted by Gasteiger charge is -2.33. The lowest BCUT2D eigenvalue weighted by atomic mass is 10.1. The van der Waals surface area contributed by atoms with E-state index in [1.54, 1.807) is 23.7 Å². The Bertz CT molecular complexity index is 832. The molecule has 7 heteroatoms. The summed E-state index contributed by atoms with van der Waals surface area (Å²) in [7, 11) is 0. The van der Waals surface area contributed by atoms with Gasteiger partial charge in [-0.15, -0.1) is 0 Å². The monoisotopic (exact) mass is 354 g/mol. The average Bonchev–Trinajstić information content (AvgIpc) is 3.31. The van der Waals surface area contributed by atoms with E-state index in [2.05, 4.69) is 10.1 Å². The third kappa shape index (κ3) is 3.56. The number of aromatic nitrogens is 3. The molecule has 25 heavy (non-hydrogen) atoms. The third-order valence-corrected chi connectivity index (χ3v) is 4.96. The van der Waals surface area contributed by atoms with Crippen LogP contribution in [0.4, 0.5) is 0 Å². The van der Waals surface area contributed by atoms with Crippen LogP contribution in [0, 0.1) is 0 Å². The van der Waals surface area contributed by atoms with Gasteiger partial charge in [0.05, 0.1) is 18.7 Å². The maximum Gasteiger partial charge on any atom is 0.227 e. The predicted octanol–water partition coefficient (Wildman–Crippen LogP) is 2.54. The summed E-state index contributed by atoms with van der Waals surface area (Å²) in [5, 5.41) is 8.42. The molecule has 0 aliphatic carbocycles. The molecule has 1 aliphatic heterocycles. The SMILES string of the molecule is O=C(Cc1ccsc1)N1Cc2ccnn2C(COc2ccccn2)C1. The summed E-state index contributed by atoms with van der Waals surface area (Å²) in [5.41, 5.74) is 2.09. The van der Waals surface area contributed by atoms with Crippen molar-refractivity contribution in [1.82, 2.24) is 19.7 Å². The molecular formula is C18H18N4O2S. The molecule has 1 atom stereocenters. The van der Waals surface area contributed by atoms with Gasteiger partial charge in [0.2, 0.25) is 11.8 Å². The molecule has 0 bridgehead atoms. The van der Waals surface area contributed by atoms with E-state index in [1.807, 2.05) is 50.7 Å². The Morgan fingerprint density at radius 2 is 2.24 bits per heavy atom. The molecule has 0 aromatic carbocycles. The molecule has 6 nitrogen and oxygen atoms in total. The van der Waals surface area contributed by atoms with Crippen LogP contribution in [-0.4, -0.2) is 38.7 Å². The van der Waals surface area contributed by atoms with Gasteiger partial charge in [0.25, 0.3) is 0 Å². The Hall–Kier alpha value is -2.67. The van der Waals surface area contributed by atoms with Gasteiger partial charge < -0.3 is 9.64 Å². The zero-order valence-electron chi connectivity index (χ0n) is 13.6. The molecule has 0 N–H and O–H groups in total. The number of hydrogen-bond acceptors (Lipinski definition) is 5. The smallest absolute Gasteiger partial charge is 0.227 e. The van der Waals surface area contributed by atoms with Crippen LogP contribution in [0.2, 0.25) is 0 Å². The first-order valence-electron chi connectivity index (χ1n) is 8.14. The van der Waals surface area contributed by atoms with E-state index in [1.165, 1.54) is 0 Å². The van der Waals surface area contributed by atoms with Crippen molar-refractivity contribution in [3.8, 4) is 5.88 Å². The Morgan fingerprint density at radius 1 is 1.28 bits per heavy atom. The fraction of sp³-hybridized carbons (Fsp3) is 0.278. The summed E-state index contributed by atoms with van der Waals surface area (Å²) in [6.45, 7) is 1.60. The molecule has 4 heterocycles. The van der Waals surface area contributed by atoms with E-state index in [4.69, 9.17) is 4.74 Å². The molecular weight excluding hydrogens is 336 g/mol. The van der Waals surface area contributed by atoms with E-state index >= 15 is 0 Å². The number of amides is 1. The topological polar surface area (TPSA) is 60.2 Å². The lowest BCUT2D eigenvalue weighted by Crippen LogP contribution is -2.43. The van der Waals surface area contributed by atoms with Crippen LogP contribution >= 0.6 is 11.3 Å². The van der Waals surface area contributed by atoms with Crippen LogP contribution in [0.5, 0.6) is 5.88 Å². The zero-order valence-corrected chi connectivity index (χ0v) is 14.4. The van der Waals surface area contributed by atoms with Gasteiger partial charge in [0, 0.05) is 25.0 Å². The second-order valence-electron chi connectivity index (χ2n) is 5.98. The van der Waals surface area contributed by atoms with Gasteiger partial charge in [0.15, 0.2) is 0 Å². The number of hydrogen-bond donors (Lipinski definition) is 0. The number of thiophene rings is 1. The van der Waals surface area contributed by atoms with E-state index in [0.29, 0.717) is 32.0 Å². The molecule has 0 spiro atoms. The van der Waals surface area contributed by atoms with Gasteiger partial charge in [-0.25, -0.2) is 4.98 Å². The number of rotatable bonds is 5. The molecule has 3 aromatic heterocycles. The highest BCUT2D eigenvalue weighted by molar-refractivity contribution is 7.08. The highest BCUT2D eigenvalue weighted by atomic mass is 32.1. The Morgan fingerprint density at radius 3 is 3.04 bits per heavy atom. The lowest BCUT2D eigenvalue weighted by molar-refractivity contribution is -0.132. The summed E-state index contributed by atoms with van der Waals surface area (Å²) < 4.78 is 7.75. The molecule has 1 aliphatic rings. The van der Waals surface area contributed by atoms with E-state index in [9.17, 15) is 4.79 Å². The van der Waals surface area contributed by atoms with Crippen molar-refractivity contribution in [2.24, 2.45) is 0 Å². The van der Waals surface area contributed by atoms with Crippen LogP contribution in [0.1, 0.15) is 17.3 Å². The van der Waals surface area contributed by atoms with Crippen LogP contribution < -0.4 is 4.74 Å². The highest BCUT2D eigenvalue weighted by Crippen LogP contribution is 2.22. The van der Waals surface area contributed by atoms with Gasteiger partial charge in [-0.3, -0.25) is 9.48 Å². The summed E-state index contributed by atoms with van der Waals surface area (Å²) in [4.78, 5) is 18.7. The van der Waals surface area contributed by atoms with Crippen molar-refractivity contribution >= 4 is 17.2 Å². The van der Waals surface area contributed by atoms with Crippen LogP contribution in [-0.2, 0) is 17.8 Å². The number of pyridine rings is 1. The van der Waals surface area contributed by atoms with Crippen LogP contribution in [0.15, 0.2) is 53.5 Å². The highest BCUT2D eigenvalue weighted by Gasteiger charge is 2.29. The summed E-state index contributed by atoms with van der Waals surface area (Å²) >= 11 is 1.61. The second kappa shape index (κ2) is 7.06. The molecule has 1 unspecified atom stereocenters. The normalized spacial score (nSPS) is 16.5. The fourth-order valence-electron chi connectivity index (χ4n) is 2.99.